The average molecular weight is 194 g/mol. The van der Waals surface area contributed by atoms with E-state index in [1.165, 1.54) is 31.3 Å². The van der Waals surface area contributed by atoms with Gasteiger partial charge in [-0.15, -0.1) is 0 Å². The summed E-state index contributed by atoms with van der Waals surface area (Å²) in [6.45, 7) is 11.1. The van der Waals surface area contributed by atoms with Crippen molar-refractivity contribution in [2.45, 2.75) is 64.6 Å². The third-order valence-electron chi connectivity index (χ3n) is 4.25. The summed E-state index contributed by atoms with van der Waals surface area (Å²) >= 11 is 0. The Hall–Kier alpha value is -0.300. The van der Waals surface area contributed by atoms with Crippen LogP contribution in [-0.2, 0) is 4.74 Å². The van der Waals surface area contributed by atoms with Gasteiger partial charge in [0.25, 0.3) is 0 Å². The van der Waals surface area contributed by atoms with Crippen LogP contribution in [0.1, 0.15) is 52.9 Å². The molecule has 0 unspecified atom stereocenters. The molecule has 2 atom stereocenters. The molecule has 1 heterocycles. The molecule has 2 rings (SSSR count). The predicted octanol–water partition coefficient (Wildman–Crippen LogP) is 3.69. The summed E-state index contributed by atoms with van der Waals surface area (Å²) in [4.78, 5) is 0. The molecule has 0 radical (unpaired) electrons. The minimum atomic E-state index is 0.00463. The molecule has 1 saturated carbocycles. The lowest BCUT2D eigenvalue weighted by Crippen LogP contribution is -2.48. The summed E-state index contributed by atoms with van der Waals surface area (Å²) < 4.78 is 6.22. The molecule has 14 heavy (non-hydrogen) atoms. The van der Waals surface area contributed by atoms with Crippen LogP contribution in [0.4, 0.5) is 0 Å². The Kier molecular flexibility index (Phi) is 2.26. The van der Waals surface area contributed by atoms with Crippen LogP contribution in [-0.4, -0.2) is 11.7 Å². The normalized spacial score (nSPS) is 41.9. The largest absolute Gasteiger partial charge is 0.367 e. The molecular weight excluding hydrogens is 172 g/mol. The minimum Gasteiger partial charge on any atom is -0.367 e. The van der Waals surface area contributed by atoms with Gasteiger partial charge in [-0.2, -0.15) is 0 Å². The van der Waals surface area contributed by atoms with Gasteiger partial charge in [-0.25, -0.2) is 0 Å². The van der Waals surface area contributed by atoms with Gasteiger partial charge in [0.2, 0.25) is 0 Å². The third kappa shape index (κ3) is 1.25. The highest BCUT2D eigenvalue weighted by atomic mass is 16.5. The molecule has 1 nitrogen and oxygen atoms in total. The molecule has 0 N–H and O–H groups in total. The average Bonchev–Trinajstić information content (AvgIpc) is 2.46. The number of hydrogen-bond acceptors (Lipinski definition) is 1. The maximum Gasteiger partial charge on any atom is 0.0944 e. The first-order chi connectivity index (χ1) is 6.48. The van der Waals surface area contributed by atoms with Gasteiger partial charge in [0.05, 0.1) is 11.7 Å². The van der Waals surface area contributed by atoms with Crippen molar-refractivity contribution < 1.29 is 4.74 Å². The van der Waals surface area contributed by atoms with Gasteiger partial charge in [-0.3, -0.25) is 0 Å². The van der Waals surface area contributed by atoms with E-state index >= 15 is 0 Å². The van der Waals surface area contributed by atoms with Crippen molar-refractivity contribution in [3.05, 3.63) is 12.2 Å². The van der Waals surface area contributed by atoms with Crippen LogP contribution in [0.15, 0.2) is 12.2 Å². The van der Waals surface area contributed by atoms with Gasteiger partial charge in [-0.1, -0.05) is 20.4 Å². The zero-order valence-electron chi connectivity index (χ0n) is 9.73. The van der Waals surface area contributed by atoms with Crippen LogP contribution in [0, 0.1) is 5.41 Å². The molecule has 1 aliphatic heterocycles. The molecular formula is C13H22O. The van der Waals surface area contributed by atoms with Crippen molar-refractivity contribution in [3.63, 3.8) is 0 Å². The number of ether oxygens (including phenoxy) is 1. The lowest BCUT2D eigenvalue weighted by molar-refractivity contribution is -0.0985. The summed E-state index contributed by atoms with van der Waals surface area (Å²) in [5.74, 6) is 0. The van der Waals surface area contributed by atoms with Crippen LogP contribution in [0.25, 0.3) is 0 Å². The highest BCUT2D eigenvalue weighted by Crippen LogP contribution is 2.54. The maximum absolute atomic E-state index is 6.22. The van der Waals surface area contributed by atoms with Crippen molar-refractivity contribution in [1.82, 2.24) is 0 Å². The third-order valence-corrected chi connectivity index (χ3v) is 4.25. The Morgan fingerprint density at radius 2 is 2.07 bits per heavy atom. The van der Waals surface area contributed by atoms with Crippen molar-refractivity contribution in [3.8, 4) is 0 Å². The molecule has 2 fully saturated rings. The molecule has 0 bridgehead atoms. The highest BCUT2D eigenvalue weighted by Gasteiger charge is 2.53. The molecule has 0 aromatic heterocycles. The van der Waals surface area contributed by atoms with E-state index in [2.05, 4.69) is 27.4 Å². The van der Waals surface area contributed by atoms with E-state index in [4.69, 9.17) is 4.74 Å². The first kappa shape index (κ1) is 10.2. The van der Waals surface area contributed by atoms with E-state index in [1.807, 2.05) is 0 Å². The van der Waals surface area contributed by atoms with Crippen LogP contribution >= 0.6 is 0 Å². The summed E-state index contributed by atoms with van der Waals surface area (Å²) in [7, 11) is 0. The van der Waals surface area contributed by atoms with Gasteiger partial charge in [0.15, 0.2) is 0 Å². The Morgan fingerprint density at radius 3 is 2.57 bits per heavy atom. The van der Waals surface area contributed by atoms with Crippen LogP contribution in [0.5, 0.6) is 0 Å². The SMILES string of the molecule is C=C1CCCC(C)(C)[C@]12CC[C@H](C)O2. The molecule has 1 spiro atoms. The Balaban J connectivity index is 2.32. The second-order valence-electron chi connectivity index (χ2n) is 5.64. The van der Waals surface area contributed by atoms with Gasteiger partial charge in [0, 0.05) is 0 Å². The molecule has 2 aliphatic rings. The summed E-state index contributed by atoms with van der Waals surface area (Å²) in [6.07, 6.45) is 6.52. The van der Waals surface area contributed by atoms with Gasteiger partial charge < -0.3 is 4.74 Å². The minimum absolute atomic E-state index is 0.00463. The zero-order valence-corrected chi connectivity index (χ0v) is 9.73. The molecule has 1 aliphatic carbocycles. The second-order valence-corrected chi connectivity index (χ2v) is 5.64. The van der Waals surface area contributed by atoms with Crippen molar-refractivity contribution in [2.75, 3.05) is 0 Å². The highest BCUT2D eigenvalue weighted by molar-refractivity contribution is 5.23. The Morgan fingerprint density at radius 1 is 1.36 bits per heavy atom. The van der Waals surface area contributed by atoms with E-state index in [-0.39, 0.29) is 11.0 Å². The van der Waals surface area contributed by atoms with Crippen molar-refractivity contribution >= 4 is 0 Å². The molecule has 1 heteroatoms. The van der Waals surface area contributed by atoms with E-state index in [1.54, 1.807) is 0 Å². The fourth-order valence-electron chi connectivity index (χ4n) is 3.25. The summed E-state index contributed by atoms with van der Waals surface area (Å²) in [5, 5.41) is 0. The van der Waals surface area contributed by atoms with E-state index < -0.39 is 0 Å². The van der Waals surface area contributed by atoms with E-state index in [0.29, 0.717) is 6.10 Å². The second kappa shape index (κ2) is 3.10. The smallest absolute Gasteiger partial charge is 0.0944 e. The fraction of sp³-hybridized carbons (Fsp3) is 0.846. The molecule has 0 aromatic carbocycles. The topological polar surface area (TPSA) is 9.23 Å². The fourth-order valence-corrected chi connectivity index (χ4v) is 3.25. The Labute approximate surface area is 87.5 Å². The van der Waals surface area contributed by atoms with Crippen LogP contribution < -0.4 is 0 Å². The zero-order chi connectivity index (χ0) is 10.4. The molecule has 1 saturated heterocycles. The molecule has 0 amide bonds. The van der Waals surface area contributed by atoms with Crippen LogP contribution in [0.3, 0.4) is 0 Å². The molecule has 80 valence electrons. The maximum atomic E-state index is 6.22. The van der Waals surface area contributed by atoms with Crippen molar-refractivity contribution in [1.29, 1.82) is 0 Å². The van der Waals surface area contributed by atoms with Gasteiger partial charge in [-0.05, 0) is 50.0 Å². The Bertz CT molecular complexity index is 254. The monoisotopic (exact) mass is 194 g/mol. The first-order valence-corrected chi connectivity index (χ1v) is 5.84. The number of rotatable bonds is 0. The first-order valence-electron chi connectivity index (χ1n) is 5.84. The van der Waals surface area contributed by atoms with E-state index in [0.717, 1.165) is 6.42 Å². The van der Waals surface area contributed by atoms with Crippen LogP contribution in [0.2, 0.25) is 0 Å². The lowest BCUT2D eigenvalue weighted by atomic mass is 9.62. The van der Waals surface area contributed by atoms with Crippen molar-refractivity contribution in [2.24, 2.45) is 5.41 Å². The quantitative estimate of drug-likeness (QED) is 0.534. The standard InChI is InChI=1S/C13H22O/c1-10-6-5-8-12(3,4)13(10)9-7-11(2)14-13/h11H,1,5-9H2,2-4H3/t11-,13-/m0/s1. The lowest BCUT2D eigenvalue weighted by Gasteiger charge is -2.49. The summed E-state index contributed by atoms with van der Waals surface area (Å²) in [5.41, 5.74) is 1.63. The predicted molar refractivity (Wildman–Crippen MR) is 59.3 cm³/mol. The van der Waals surface area contributed by atoms with Gasteiger partial charge in [0.1, 0.15) is 0 Å². The molecule has 0 aromatic rings. The summed E-state index contributed by atoms with van der Waals surface area (Å²) in [6, 6.07) is 0. The van der Waals surface area contributed by atoms with Gasteiger partial charge >= 0.3 is 0 Å². The van der Waals surface area contributed by atoms with E-state index in [9.17, 15) is 0 Å². The number of hydrogen-bond donors (Lipinski definition) is 0.